The number of nitrogens with zero attached hydrogens (tertiary/aromatic N) is 2. The Labute approximate surface area is 205 Å². The zero-order chi connectivity index (χ0) is 23.4. The van der Waals surface area contributed by atoms with Crippen molar-refractivity contribution in [1.82, 2.24) is 15.4 Å². The molecule has 0 aliphatic carbocycles. The van der Waals surface area contributed by atoms with Crippen molar-refractivity contribution in [2.45, 2.75) is 6.92 Å². The van der Waals surface area contributed by atoms with E-state index in [2.05, 4.69) is 42.1 Å². The SMILES string of the molecule is CNNc1ccc(Oc2ccc(Nc3cc(-c4ccc(Br)cc4)nc(N)n3)cc2Cl)cc1C. The number of aromatic nitrogens is 2. The first-order valence-corrected chi connectivity index (χ1v) is 11.3. The lowest BCUT2D eigenvalue weighted by Gasteiger charge is -2.13. The Bertz CT molecular complexity index is 1280. The quantitative estimate of drug-likeness (QED) is 0.204. The number of nitrogen functional groups attached to an aromatic ring is 1. The molecule has 0 unspecified atom stereocenters. The van der Waals surface area contributed by atoms with Crippen molar-refractivity contribution in [3.8, 4) is 22.8 Å². The van der Waals surface area contributed by atoms with E-state index in [1.165, 1.54) is 0 Å². The third-order valence-electron chi connectivity index (χ3n) is 4.77. The largest absolute Gasteiger partial charge is 0.456 e. The molecule has 0 fully saturated rings. The van der Waals surface area contributed by atoms with Crippen LogP contribution in [0, 0.1) is 6.92 Å². The highest BCUT2D eigenvalue weighted by Gasteiger charge is 2.09. The lowest BCUT2D eigenvalue weighted by atomic mass is 10.1. The second kappa shape index (κ2) is 10.1. The van der Waals surface area contributed by atoms with Crippen LogP contribution in [0.3, 0.4) is 0 Å². The van der Waals surface area contributed by atoms with E-state index in [9.17, 15) is 0 Å². The van der Waals surface area contributed by atoms with E-state index in [1.807, 2.05) is 68.6 Å². The van der Waals surface area contributed by atoms with Crippen molar-refractivity contribution in [1.29, 1.82) is 0 Å². The Morgan fingerprint density at radius 1 is 0.970 bits per heavy atom. The summed E-state index contributed by atoms with van der Waals surface area (Å²) in [6, 6.07) is 20.9. The van der Waals surface area contributed by atoms with Gasteiger partial charge in [-0.15, -0.1) is 0 Å². The first-order chi connectivity index (χ1) is 15.9. The summed E-state index contributed by atoms with van der Waals surface area (Å²) >= 11 is 9.93. The van der Waals surface area contributed by atoms with Crippen LogP contribution in [-0.4, -0.2) is 17.0 Å². The monoisotopic (exact) mass is 524 g/mol. The first-order valence-electron chi connectivity index (χ1n) is 10.1. The van der Waals surface area contributed by atoms with E-state index < -0.39 is 0 Å². The maximum atomic E-state index is 6.49. The molecule has 33 heavy (non-hydrogen) atoms. The number of ether oxygens (including phenoxy) is 1. The molecule has 4 aromatic rings. The van der Waals surface area contributed by atoms with Gasteiger partial charge in [-0.05, 0) is 61.0 Å². The zero-order valence-corrected chi connectivity index (χ0v) is 20.3. The summed E-state index contributed by atoms with van der Waals surface area (Å²) in [6.07, 6.45) is 0. The molecule has 0 amide bonds. The van der Waals surface area contributed by atoms with Gasteiger partial charge in [0.2, 0.25) is 5.95 Å². The van der Waals surface area contributed by atoms with Crippen LogP contribution < -0.4 is 26.6 Å². The predicted molar refractivity (Wildman–Crippen MR) is 138 cm³/mol. The molecule has 0 bridgehead atoms. The number of nitrogens with one attached hydrogen (secondary N) is 3. The first kappa shape index (κ1) is 22.8. The van der Waals surface area contributed by atoms with Crippen LogP contribution in [0.25, 0.3) is 11.3 Å². The Morgan fingerprint density at radius 2 is 1.76 bits per heavy atom. The van der Waals surface area contributed by atoms with Crippen LogP contribution in [0.2, 0.25) is 5.02 Å². The molecule has 1 heterocycles. The molecular formula is C24H22BrClN6O. The topological polar surface area (TPSA) is 97.1 Å². The maximum Gasteiger partial charge on any atom is 0.222 e. The van der Waals surface area contributed by atoms with E-state index in [4.69, 9.17) is 22.1 Å². The van der Waals surface area contributed by atoms with Gasteiger partial charge in [0.1, 0.15) is 17.3 Å². The van der Waals surface area contributed by atoms with Crippen LogP contribution >= 0.6 is 27.5 Å². The highest BCUT2D eigenvalue weighted by molar-refractivity contribution is 9.10. The molecule has 0 aliphatic heterocycles. The molecule has 9 heteroatoms. The molecule has 4 rings (SSSR count). The molecule has 0 saturated carbocycles. The van der Waals surface area contributed by atoms with Crippen LogP contribution in [0.4, 0.5) is 23.1 Å². The van der Waals surface area contributed by atoms with Crippen LogP contribution in [-0.2, 0) is 0 Å². The number of hydrogen-bond acceptors (Lipinski definition) is 7. The Hall–Kier alpha value is -3.33. The van der Waals surface area contributed by atoms with Gasteiger partial charge >= 0.3 is 0 Å². The van der Waals surface area contributed by atoms with E-state index in [1.54, 1.807) is 12.1 Å². The number of hydrogen-bond donors (Lipinski definition) is 4. The van der Waals surface area contributed by atoms with Gasteiger partial charge in [-0.3, -0.25) is 0 Å². The highest BCUT2D eigenvalue weighted by atomic mass is 79.9. The normalized spacial score (nSPS) is 10.7. The summed E-state index contributed by atoms with van der Waals surface area (Å²) in [7, 11) is 1.82. The molecule has 168 valence electrons. The lowest BCUT2D eigenvalue weighted by Crippen LogP contribution is -2.15. The molecular weight excluding hydrogens is 504 g/mol. The summed E-state index contributed by atoms with van der Waals surface area (Å²) in [5, 5.41) is 3.70. The fourth-order valence-electron chi connectivity index (χ4n) is 3.21. The summed E-state index contributed by atoms with van der Waals surface area (Å²) in [5.74, 6) is 1.98. The lowest BCUT2D eigenvalue weighted by molar-refractivity contribution is 0.482. The summed E-state index contributed by atoms with van der Waals surface area (Å²) < 4.78 is 6.97. The predicted octanol–water partition coefficient (Wildman–Crippen LogP) is 6.53. The minimum absolute atomic E-state index is 0.176. The summed E-state index contributed by atoms with van der Waals surface area (Å²) in [6.45, 7) is 2.00. The number of halogens is 2. The molecule has 0 atom stereocenters. The molecule has 0 aliphatic rings. The number of nitrogens with two attached hydrogens (primary N) is 1. The number of hydrazine groups is 1. The number of anilines is 4. The fourth-order valence-corrected chi connectivity index (χ4v) is 3.69. The second-order valence-corrected chi connectivity index (χ2v) is 8.55. The molecule has 7 nitrogen and oxygen atoms in total. The van der Waals surface area contributed by atoms with E-state index in [0.717, 1.165) is 32.7 Å². The van der Waals surface area contributed by atoms with Gasteiger partial charge in [-0.25, -0.2) is 10.4 Å². The van der Waals surface area contributed by atoms with Crippen molar-refractivity contribution in [2.75, 3.05) is 23.5 Å². The fraction of sp³-hybridized carbons (Fsp3) is 0.0833. The standard InChI is InChI=1S/C24H22BrClN6O/c1-14-11-18(8-9-20(14)32-28-2)33-22-10-7-17(12-19(22)26)29-23-13-21(30-24(27)31-23)15-3-5-16(25)6-4-15/h3-13,28,32H,1-2H3,(H3,27,29,30,31). The smallest absolute Gasteiger partial charge is 0.222 e. The van der Waals surface area contributed by atoms with Gasteiger partial charge in [0.15, 0.2) is 0 Å². The van der Waals surface area contributed by atoms with Crippen LogP contribution in [0.15, 0.2) is 71.2 Å². The average molecular weight is 526 g/mol. The molecule has 5 N–H and O–H groups in total. The van der Waals surface area contributed by atoms with Crippen molar-refractivity contribution in [2.24, 2.45) is 0 Å². The van der Waals surface area contributed by atoms with Gasteiger partial charge in [0, 0.05) is 28.8 Å². The maximum absolute atomic E-state index is 6.49. The van der Waals surface area contributed by atoms with Gasteiger partial charge in [-0.1, -0.05) is 39.7 Å². The Morgan fingerprint density at radius 3 is 2.45 bits per heavy atom. The Kier molecular flexibility index (Phi) is 6.98. The average Bonchev–Trinajstić information content (AvgIpc) is 2.78. The van der Waals surface area contributed by atoms with Gasteiger partial charge in [0.05, 0.1) is 16.4 Å². The van der Waals surface area contributed by atoms with Crippen LogP contribution in [0.5, 0.6) is 11.5 Å². The molecule has 1 aromatic heterocycles. The van der Waals surface area contributed by atoms with Crippen molar-refractivity contribution >= 4 is 50.7 Å². The summed E-state index contributed by atoms with van der Waals surface area (Å²) in [5.41, 5.74) is 16.3. The molecule has 3 aromatic carbocycles. The zero-order valence-electron chi connectivity index (χ0n) is 18.0. The van der Waals surface area contributed by atoms with Gasteiger partial charge < -0.3 is 21.2 Å². The number of aryl methyl sites for hydroxylation is 1. The minimum atomic E-state index is 0.176. The summed E-state index contributed by atoms with van der Waals surface area (Å²) in [4.78, 5) is 8.62. The third kappa shape index (κ3) is 5.73. The molecule has 0 spiro atoms. The highest BCUT2D eigenvalue weighted by Crippen LogP contribution is 2.34. The Balaban J connectivity index is 1.52. The van der Waals surface area contributed by atoms with E-state index in [-0.39, 0.29) is 5.95 Å². The van der Waals surface area contributed by atoms with Crippen molar-refractivity contribution in [3.63, 3.8) is 0 Å². The minimum Gasteiger partial charge on any atom is -0.456 e. The molecule has 0 saturated heterocycles. The molecule has 0 radical (unpaired) electrons. The van der Waals surface area contributed by atoms with E-state index >= 15 is 0 Å². The number of rotatable bonds is 7. The van der Waals surface area contributed by atoms with Crippen molar-refractivity contribution in [3.05, 3.63) is 81.8 Å². The van der Waals surface area contributed by atoms with Gasteiger partial charge in [0.25, 0.3) is 0 Å². The number of benzene rings is 3. The third-order valence-corrected chi connectivity index (χ3v) is 5.60. The van der Waals surface area contributed by atoms with Crippen LogP contribution in [0.1, 0.15) is 5.56 Å². The van der Waals surface area contributed by atoms with Gasteiger partial charge in [-0.2, -0.15) is 4.98 Å². The second-order valence-electron chi connectivity index (χ2n) is 7.23. The van der Waals surface area contributed by atoms with E-state index in [0.29, 0.717) is 22.3 Å². The van der Waals surface area contributed by atoms with Crippen molar-refractivity contribution < 1.29 is 4.74 Å².